The van der Waals surface area contributed by atoms with E-state index in [-0.39, 0.29) is 30.5 Å². The van der Waals surface area contributed by atoms with E-state index in [0.29, 0.717) is 44.8 Å². The minimum atomic E-state index is -4.40. The zero-order valence-corrected chi connectivity index (χ0v) is 20.3. The van der Waals surface area contributed by atoms with Gasteiger partial charge in [-0.05, 0) is 30.2 Å². The molecule has 2 aromatic carbocycles. The Bertz CT molecular complexity index is 1180. The van der Waals surface area contributed by atoms with Crippen LogP contribution in [-0.4, -0.2) is 70.9 Å². The third-order valence-corrected chi connectivity index (χ3v) is 6.35. The van der Waals surface area contributed by atoms with Gasteiger partial charge in [0.1, 0.15) is 5.69 Å². The van der Waals surface area contributed by atoms with Crippen LogP contribution in [0, 0.1) is 0 Å². The predicted octanol–water partition coefficient (Wildman–Crippen LogP) is 3.92. The maximum absolute atomic E-state index is 13.1. The van der Waals surface area contributed by atoms with Crippen LogP contribution in [0.15, 0.2) is 73.2 Å². The average molecular weight is 512 g/mol. The van der Waals surface area contributed by atoms with Gasteiger partial charge < -0.3 is 14.7 Å². The van der Waals surface area contributed by atoms with Gasteiger partial charge in [-0.25, -0.2) is 4.98 Å². The summed E-state index contributed by atoms with van der Waals surface area (Å²) in [6.45, 7) is 2.33. The van der Waals surface area contributed by atoms with Crippen LogP contribution in [0.1, 0.15) is 28.0 Å². The molecule has 0 bridgehead atoms. The minimum absolute atomic E-state index is 0.0969. The van der Waals surface area contributed by atoms with Gasteiger partial charge in [0.2, 0.25) is 5.91 Å². The van der Waals surface area contributed by atoms with Crippen molar-refractivity contribution in [3.8, 4) is 0 Å². The number of hydrogen-bond donors (Lipinski definition) is 0. The van der Waals surface area contributed by atoms with E-state index in [1.807, 2.05) is 35.2 Å². The zero-order chi connectivity index (χ0) is 26.3. The van der Waals surface area contributed by atoms with Crippen LogP contribution in [0.25, 0.3) is 0 Å². The van der Waals surface area contributed by atoms with E-state index < -0.39 is 11.7 Å². The molecule has 10 heteroatoms. The van der Waals surface area contributed by atoms with Crippen molar-refractivity contribution in [3.05, 3.63) is 90.0 Å². The number of aromatic nitrogens is 2. The molecule has 1 fully saturated rings. The van der Waals surface area contributed by atoms with Gasteiger partial charge >= 0.3 is 6.18 Å². The first-order valence-electron chi connectivity index (χ1n) is 12.1. The Morgan fingerprint density at radius 3 is 2.35 bits per heavy atom. The van der Waals surface area contributed by atoms with E-state index in [4.69, 9.17) is 0 Å². The Morgan fingerprint density at radius 2 is 1.68 bits per heavy atom. The first-order chi connectivity index (χ1) is 17.8. The number of hydrogen-bond acceptors (Lipinski definition) is 5. The summed E-state index contributed by atoms with van der Waals surface area (Å²) in [6, 6.07) is 15.0. The molecule has 0 spiro atoms. The summed E-state index contributed by atoms with van der Waals surface area (Å²) >= 11 is 0. The molecule has 3 aromatic rings. The number of piperazine rings is 1. The van der Waals surface area contributed by atoms with Gasteiger partial charge in [-0.3, -0.25) is 14.6 Å². The summed E-state index contributed by atoms with van der Waals surface area (Å²) in [7, 11) is 0. The molecule has 2 heterocycles. The van der Waals surface area contributed by atoms with E-state index >= 15 is 0 Å². The number of halogens is 3. The van der Waals surface area contributed by atoms with Crippen molar-refractivity contribution in [2.75, 3.05) is 44.2 Å². The van der Waals surface area contributed by atoms with E-state index in [2.05, 4.69) is 9.97 Å². The molecule has 194 valence electrons. The molecule has 2 amide bonds. The topological polar surface area (TPSA) is 69.6 Å². The molecule has 0 N–H and O–H groups in total. The van der Waals surface area contributed by atoms with Gasteiger partial charge in [0.25, 0.3) is 5.91 Å². The summed E-state index contributed by atoms with van der Waals surface area (Å²) < 4.78 is 39.2. The highest BCUT2D eigenvalue weighted by atomic mass is 19.4. The Hall–Kier alpha value is -3.95. The Morgan fingerprint density at radius 1 is 0.919 bits per heavy atom. The van der Waals surface area contributed by atoms with Crippen molar-refractivity contribution < 1.29 is 22.8 Å². The summed E-state index contributed by atoms with van der Waals surface area (Å²) in [6.07, 6.45) is 0.738. The quantitative estimate of drug-likeness (QED) is 0.459. The Labute approximate surface area is 213 Å². The number of anilines is 1. The van der Waals surface area contributed by atoms with Crippen molar-refractivity contribution in [2.24, 2.45) is 0 Å². The lowest BCUT2D eigenvalue weighted by molar-refractivity contribution is -0.137. The average Bonchev–Trinajstić information content (AvgIpc) is 2.93. The summed E-state index contributed by atoms with van der Waals surface area (Å²) in [5, 5.41) is 0. The maximum atomic E-state index is 13.1. The van der Waals surface area contributed by atoms with Gasteiger partial charge in [-0.15, -0.1) is 0 Å². The smallest absolute Gasteiger partial charge is 0.368 e. The minimum Gasteiger partial charge on any atom is -0.368 e. The van der Waals surface area contributed by atoms with Crippen LogP contribution in [0.2, 0.25) is 0 Å². The molecule has 37 heavy (non-hydrogen) atoms. The highest BCUT2D eigenvalue weighted by molar-refractivity contribution is 5.92. The summed E-state index contributed by atoms with van der Waals surface area (Å²) in [4.78, 5) is 39.3. The lowest BCUT2D eigenvalue weighted by atomic mass is 10.1. The second-order valence-corrected chi connectivity index (χ2v) is 8.78. The Kier molecular flexibility index (Phi) is 8.37. The number of benzene rings is 2. The first kappa shape index (κ1) is 26.1. The van der Waals surface area contributed by atoms with E-state index in [0.717, 1.165) is 17.7 Å². The molecular weight excluding hydrogens is 483 g/mol. The molecule has 4 rings (SSSR count). The molecule has 0 aliphatic carbocycles. The van der Waals surface area contributed by atoms with Crippen molar-refractivity contribution >= 4 is 17.5 Å². The molecule has 1 aliphatic heterocycles. The van der Waals surface area contributed by atoms with Crippen LogP contribution in [0.4, 0.5) is 18.9 Å². The monoisotopic (exact) mass is 511 g/mol. The van der Waals surface area contributed by atoms with Crippen LogP contribution in [0.5, 0.6) is 0 Å². The van der Waals surface area contributed by atoms with Crippen molar-refractivity contribution in [1.29, 1.82) is 0 Å². The fourth-order valence-electron chi connectivity index (χ4n) is 4.28. The van der Waals surface area contributed by atoms with Gasteiger partial charge in [0.15, 0.2) is 0 Å². The van der Waals surface area contributed by atoms with Gasteiger partial charge in [-0.2, -0.15) is 13.2 Å². The molecule has 1 saturated heterocycles. The van der Waals surface area contributed by atoms with Gasteiger partial charge in [-0.1, -0.05) is 36.4 Å². The molecular formula is C27H28F3N5O2. The third kappa shape index (κ3) is 7.05. The highest BCUT2D eigenvalue weighted by Gasteiger charge is 2.31. The molecule has 0 saturated carbocycles. The number of amides is 2. The molecule has 1 aromatic heterocycles. The lowest BCUT2D eigenvalue weighted by Gasteiger charge is -2.36. The maximum Gasteiger partial charge on any atom is 0.416 e. The largest absolute Gasteiger partial charge is 0.416 e. The van der Waals surface area contributed by atoms with Gasteiger partial charge in [0.05, 0.1) is 11.8 Å². The van der Waals surface area contributed by atoms with E-state index in [1.165, 1.54) is 24.7 Å². The molecule has 0 atom stereocenters. The van der Waals surface area contributed by atoms with Crippen LogP contribution < -0.4 is 4.90 Å². The number of rotatable bonds is 8. The summed E-state index contributed by atoms with van der Waals surface area (Å²) in [5.41, 5.74) is 1.10. The lowest BCUT2D eigenvalue weighted by Crippen LogP contribution is -2.49. The summed E-state index contributed by atoms with van der Waals surface area (Å²) in [5.74, 6) is -0.383. The second-order valence-electron chi connectivity index (χ2n) is 8.78. The van der Waals surface area contributed by atoms with Crippen LogP contribution in [0.3, 0.4) is 0 Å². The first-order valence-corrected chi connectivity index (χ1v) is 12.1. The molecule has 0 unspecified atom stereocenters. The molecule has 0 radical (unpaired) electrons. The fraction of sp³-hybridized carbons (Fsp3) is 0.333. The number of nitrogens with zero attached hydrogens (tertiary/aromatic N) is 5. The van der Waals surface area contributed by atoms with Crippen molar-refractivity contribution in [3.63, 3.8) is 0 Å². The van der Waals surface area contributed by atoms with Crippen molar-refractivity contribution in [1.82, 2.24) is 19.8 Å². The SMILES string of the molecule is O=C(CCN(CCc1ccccc1)C(=O)c1cnccn1)N1CCN(c2cccc(C(F)(F)F)c2)CC1. The van der Waals surface area contributed by atoms with Gasteiger partial charge in [0, 0.05) is 63.8 Å². The van der Waals surface area contributed by atoms with Crippen molar-refractivity contribution in [2.45, 2.75) is 19.0 Å². The second kappa shape index (κ2) is 11.9. The third-order valence-electron chi connectivity index (χ3n) is 6.35. The van der Waals surface area contributed by atoms with E-state index in [1.54, 1.807) is 15.9 Å². The molecule has 1 aliphatic rings. The highest BCUT2D eigenvalue weighted by Crippen LogP contribution is 2.31. The fourth-order valence-corrected chi connectivity index (χ4v) is 4.28. The molecule has 7 nitrogen and oxygen atoms in total. The number of alkyl halides is 3. The zero-order valence-electron chi connectivity index (χ0n) is 20.3. The Balaban J connectivity index is 1.34. The van der Waals surface area contributed by atoms with Crippen LogP contribution in [-0.2, 0) is 17.4 Å². The van der Waals surface area contributed by atoms with Crippen LogP contribution >= 0.6 is 0 Å². The number of carbonyl (C=O) groups is 2. The number of carbonyl (C=O) groups excluding carboxylic acids is 2. The normalized spacial score (nSPS) is 13.9. The predicted molar refractivity (Wildman–Crippen MR) is 133 cm³/mol. The standard InChI is InChI=1S/C27H28F3N5O2/c28-27(29,30)22-7-4-8-23(19-22)33-15-17-34(18-16-33)25(36)10-14-35(13-9-21-5-2-1-3-6-21)26(37)24-20-31-11-12-32-24/h1-8,11-12,19-20H,9-10,13-18H2. The van der Waals surface area contributed by atoms with E-state index in [9.17, 15) is 22.8 Å².